The van der Waals surface area contributed by atoms with E-state index in [4.69, 9.17) is 4.74 Å². The van der Waals surface area contributed by atoms with Crippen LogP contribution >= 0.6 is 0 Å². The lowest BCUT2D eigenvalue weighted by molar-refractivity contribution is 0.0986. The molecule has 2 aromatic carbocycles. The van der Waals surface area contributed by atoms with E-state index >= 15 is 0 Å². The molecule has 1 N–H and O–H groups in total. The van der Waals surface area contributed by atoms with E-state index in [-0.39, 0.29) is 5.78 Å². The monoisotopic (exact) mass is 324 g/mol. The quantitative estimate of drug-likeness (QED) is 0.826. The third-order valence-electron chi connectivity index (χ3n) is 4.30. The van der Waals surface area contributed by atoms with E-state index in [0.29, 0.717) is 13.0 Å². The van der Waals surface area contributed by atoms with Gasteiger partial charge in [0.05, 0.1) is 13.2 Å². The van der Waals surface area contributed by atoms with Gasteiger partial charge in [0, 0.05) is 43.0 Å². The molecule has 4 heteroatoms. The minimum Gasteiger partial charge on any atom is -0.385 e. The largest absolute Gasteiger partial charge is 0.385 e. The van der Waals surface area contributed by atoms with Crippen molar-refractivity contribution in [3.63, 3.8) is 0 Å². The molecule has 24 heavy (non-hydrogen) atoms. The van der Waals surface area contributed by atoms with Crippen molar-refractivity contribution in [1.82, 2.24) is 0 Å². The highest BCUT2D eigenvalue weighted by Crippen LogP contribution is 2.19. The molecule has 4 nitrogen and oxygen atoms in total. The van der Waals surface area contributed by atoms with E-state index in [1.54, 1.807) is 0 Å². The van der Waals surface area contributed by atoms with Gasteiger partial charge in [-0.2, -0.15) is 0 Å². The summed E-state index contributed by atoms with van der Waals surface area (Å²) in [5.41, 5.74) is 4.22. The smallest absolute Gasteiger partial charge is 0.164 e. The molecule has 0 radical (unpaired) electrons. The predicted molar refractivity (Wildman–Crippen MR) is 98.1 cm³/mol. The maximum absolute atomic E-state index is 12.1. The summed E-state index contributed by atoms with van der Waals surface area (Å²) in [6.07, 6.45) is 0.494. The Morgan fingerprint density at radius 3 is 2.38 bits per heavy atom. The van der Waals surface area contributed by atoms with Gasteiger partial charge in [0.25, 0.3) is 0 Å². The van der Waals surface area contributed by atoms with Gasteiger partial charge in [-0.3, -0.25) is 4.79 Å². The fraction of sp³-hybridized carbons (Fsp3) is 0.350. The number of ketones is 1. The Labute approximate surface area is 143 Å². The van der Waals surface area contributed by atoms with Gasteiger partial charge in [-0.1, -0.05) is 29.8 Å². The van der Waals surface area contributed by atoms with Gasteiger partial charge in [0.2, 0.25) is 0 Å². The average Bonchev–Trinajstić information content (AvgIpc) is 2.63. The Morgan fingerprint density at radius 1 is 1.04 bits per heavy atom. The highest BCUT2D eigenvalue weighted by molar-refractivity contribution is 5.96. The summed E-state index contributed by atoms with van der Waals surface area (Å²) in [6.45, 7) is 6.14. The van der Waals surface area contributed by atoms with Crippen molar-refractivity contribution in [3.05, 3.63) is 59.7 Å². The molecule has 2 aromatic rings. The first kappa shape index (κ1) is 16.5. The van der Waals surface area contributed by atoms with Crippen LogP contribution in [0.4, 0.5) is 11.4 Å². The highest BCUT2D eigenvalue weighted by atomic mass is 16.5. The molecule has 1 heterocycles. The Hall–Kier alpha value is -2.33. The van der Waals surface area contributed by atoms with Crippen LogP contribution in [0.2, 0.25) is 0 Å². The number of benzene rings is 2. The number of aryl methyl sites for hydroxylation is 1. The molecule has 0 aromatic heterocycles. The maximum atomic E-state index is 12.1. The zero-order valence-electron chi connectivity index (χ0n) is 14.1. The molecule has 1 aliphatic rings. The molecule has 3 rings (SSSR count). The van der Waals surface area contributed by atoms with E-state index in [1.165, 1.54) is 11.3 Å². The number of Topliss-reactive ketones (excluding diaryl/α,β-unsaturated/α-hetero) is 1. The normalized spacial score (nSPS) is 14.5. The predicted octanol–water partition coefficient (Wildman–Crippen LogP) is 3.52. The third kappa shape index (κ3) is 4.36. The number of nitrogens with one attached hydrogen (secondary N) is 1. The van der Waals surface area contributed by atoms with Gasteiger partial charge in [-0.15, -0.1) is 0 Å². The average molecular weight is 324 g/mol. The second-order valence-corrected chi connectivity index (χ2v) is 6.11. The van der Waals surface area contributed by atoms with Crippen LogP contribution < -0.4 is 10.2 Å². The Bertz CT molecular complexity index is 659. The standard InChI is InChI=1S/C20H24N2O2/c1-16-2-4-17(5-3-16)20(23)10-11-21-18-6-8-19(9-7-18)22-12-14-24-15-13-22/h2-9,21H,10-15H2,1H3. The Kier molecular flexibility index (Phi) is 5.49. The molecule has 0 unspecified atom stereocenters. The molecule has 1 saturated heterocycles. The summed E-state index contributed by atoms with van der Waals surface area (Å²) in [7, 11) is 0. The summed E-state index contributed by atoms with van der Waals surface area (Å²) in [4.78, 5) is 14.5. The molecule has 1 aliphatic heterocycles. The second-order valence-electron chi connectivity index (χ2n) is 6.11. The summed E-state index contributed by atoms with van der Waals surface area (Å²) >= 11 is 0. The number of ether oxygens (including phenoxy) is 1. The van der Waals surface area contributed by atoms with Crippen molar-refractivity contribution >= 4 is 17.2 Å². The third-order valence-corrected chi connectivity index (χ3v) is 4.30. The lowest BCUT2D eigenvalue weighted by Gasteiger charge is -2.28. The number of nitrogens with zero attached hydrogens (tertiary/aromatic N) is 1. The van der Waals surface area contributed by atoms with Gasteiger partial charge in [0.15, 0.2) is 5.78 Å². The molecule has 0 saturated carbocycles. The molecule has 0 spiro atoms. The van der Waals surface area contributed by atoms with Crippen molar-refractivity contribution in [2.24, 2.45) is 0 Å². The van der Waals surface area contributed by atoms with Gasteiger partial charge < -0.3 is 15.0 Å². The van der Waals surface area contributed by atoms with E-state index in [9.17, 15) is 4.79 Å². The fourth-order valence-electron chi connectivity index (χ4n) is 2.82. The molecule has 0 amide bonds. The number of carbonyl (C=O) groups excluding carboxylic acids is 1. The lowest BCUT2D eigenvalue weighted by atomic mass is 10.1. The Morgan fingerprint density at radius 2 is 1.71 bits per heavy atom. The number of morpholine rings is 1. The summed E-state index contributed by atoms with van der Waals surface area (Å²) in [5.74, 6) is 0.174. The minimum absolute atomic E-state index is 0.174. The van der Waals surface area contributed by atoms with Gasteiger partial charge in [0.1, 0.15) is 0 Å². The number of hydrogen-bond acceptors (Lipinski definition) is 4. The van der Waals surface area contributed by atoms with Crippen LogP contribution in [-0.4, -0.2) is 38.6 Å². The first-order valence-corrected chi connectivity index (χ1v) is 8.49. The van der Waals surface area contributed by atoms with Crippen LogP contribution in [0.25, 0.3) is 0 Å². The molecule has 126 valence electrons. The lowest BCUT2D eigenvalue weighted by Crippen LogP contribution is -2.36. The summed E-state index contributed by atoms with van der Waals surface area (Å²) in [6, 6.07) is 16.1. The van der Waals surface area contributed by atoms with Gasteiger partial charge >= 0.3 is 0 Å². The first-order chi connectivity index (χ1) is 11.7. The SMILES string of the molecule is Cc1ccc(C(=O)CCNc2ccc(N3CCOCC3)cc2)cc1. The van der Waals surface area contributed by atoms with Crippen LogP contribution in [0.15, 0.2) is 48.5 Å². The van der Waals surface area contributed by atoms with E-state index in [0.717, 1.165) is 37.6 Å². The van der Waals surface area contributed by atoms with Crippen LogP contribution in [0.1, 0.15) is 22.3 Å². The van der Waals surface area contributed by atoms with E-state index in [1.807, 2.05) is 31.2 Å². The van der Waals surface area contributed by atoms with Crippen molar-refractivity contribution in [3.8, 4) is 0 Å². The molecule has 1 fully saturated rings. The molecule has 0 aliphatic carbocycles. The molecular formula is C20H24N2O2. The van der Waals surface area contributed by atoms with Crippen molar-refractivity contribution in [2.45, 2.75) is 13.3 Å². The summed E-state index contributed by atoms with van der Waals surface area (Å²) < 4.78 is 5.38. The van der Waals surface area contributed by atoms with Crippen molar-refractivity contribution in [2.75, 3.05) is 43.1 Å². The molecule has 0 atom stereocenters. The van der Waals surface area contributed by atoms with Gasteiger partial charge in [-0.25, -0.2) is 0 Å². The van der Waals surface area contributed by atoms with Crippen LogP contribution in [-0.2, 0) is 4.74 Å². The Balaban J connectivity index is 1.48. The van der Waals surface area contributed by atoms with Crippen molar-refractivity contribution in [1.29, 1.82) is 0 Å². The number of carbonyl (C=O) groups is 1. The number of hydrogen-bond donors (Lipinski definition) is 1. The second kappa shape index (κ2) is 7.97. The minimum atomic E-state index is 0.174. The van der Waals surface area contributed by atoms with Crippen LogP contribution in [0, 0.1) is 6.92 Å². The van der Waals surface area contributed by atoms with Crippen LogP contribution in [0.3, 0.4) is 0 Å². The number of rotatable bonds is 6. The fourth-order valence-corrected chi connectivity index (χ4v) is 2.82. The zero-order chi connectivity index (χ0) is 16.8. The van der Waals surface area contributed by atoms with E-state index < -0.39 is 0 Å². The maximum Gasteiger partial charge on any atom is 0.164 e. The van der Waals surface area contributed by atoms with Crippen LogP contribution in [0.5, 0.6) is 0 Å². The molecular weight excluding hydrogens is 300 g/mol. The van der Waals surface area contributed by atoms with Crippen molar-refractivity contribution < 1.29 is 9.53 Å². The summed E-state index contributed by atoms with van der Waals surface area (Å²) in [5, 5.41) is 3.32. The topological polar surface area (TPSA) is 41.6 Å². The molecule has 0 bridgehead atoms. The number of anilines is 2. The first-order valence-electron chi connectivity index (χ1n) is 8.49. The zero-order valence-corrected chi connectivity index (χ0v) is 14.1. The van der Waals surface area contributed by atoms with Gasteiger partial charge in [-0.05, 0) is 31.2 Å². The highest BCUT2D eigenvalue weighted by Gasteiger charge is 2.10. The van der Waals surface area contributed by atoms with E-state index in [2.05, 4.69) is 34.5 Å².